The first-order chi connectivity index (χ1) is 3.93. The molecule has 1 rings (SSSR count). The number of nitrogens with zero attached hydrogens (tertiary/aromatic N) is 1. The van der Waals surface area contributed by atoms with Crippen molar-refractivity contribution in [1.29, 1.82) is 0 Å². The maximum Gasteiger partial charge on any atom is 0.331 e. The van der Waals surface area contributed by atoms with Crippen LogP contribution in [0.2, 0.25) is 0 Å². The molecule has 0 atom stereocenters. The third-order valence-electron chi connectivity index (χ3n) is 0.798. The molecule has 1 heterocycles. The summed E-state index contributed by atoms with van der Waals surface area (Å²) in [7, 11) is 1.59. The number of ether oxygens (including phenoxy) is 1. The van der Waals surface area contributed by atoms with Crippen LogP contribution in [-0.2, 0) is 0 Å². The van der Waals surface area contributed by atoms with Crippen molar-refractivity contribution in [3.63, 3.8) is 0 Å². The van der Waals surface area contributed by atoms with Gasteiger partial charge in [-0.1, -0.05) is 0 Å². The van der Waals surface area contributed by atoms with E-state index >= 15 is 0 Å². The molecule has 0 saturated heterocycles. The third kappa shape index (κ3) is 0.932. The molecule has 42 valence electrons. The number of rotatable bonds is 1. The van der Waals surface area contributed by atoms with E-state index in [2.05, 4.69) is 9.97 Å². The fraction of sp³-hybridized carbons (Fsp3) is 0.200. The minimum atomic E-state index is 0.628. The predicted molar refractivity (Wildman–Crippen MR) is 27.3 cm³/mol. The molecule has 0 fully saturated rings. The SMILES string of the molecule is COc1cc[nH+]cn1. The van der Waals surface area contributed by atoms with Crippen LogP contribution in [-0.4, -0.2) is 12.1 Å². The molecule has 0 aliphatic heterocycles. The first-order valence-electron chi connectivity index (χ1n) is 2.29. The summed E-state index contributed by atoms with van der Waals surface area (Å²) in [4.78, 5) is 6.60. The van der Waals surface area contributed by atoms with Crippen molar-refractivity contribution in [2.45, 2.75) is 0 Å². The summed E-state index contributed by atoms with van der Waals surface area (Å²) < 4.78 is 4.78. The van der Waals surface area contributed by atoms with Gasteiger partial charge in [0.05, 0.1) is 19.4 Å². The van der Waals surface area contributed by atoms with E-state index in [0.717, 1.165) is 0 Å². The Morgan fingerprint density at radius 2 is 2.62 bits per heavy atom. The lowest BCUT2D eigenvalue weighted by molar-refractivity contribution is -0.383. The maximum absolute atomic E-state index is 4.78. The molecule has 1 aromatic rings. The van der Waals surface area contributed by atoms with Crippen LogP contribution in [0, 0.1) is 0 Å². The van der Waals surface area contributed by atoms with Gasteiger partial charge in [0, 0.05) is 0 Å². The molecule has 0 amide bonds. The van der Waals surface area contributed by atoms with Crippen LogP contribution in [0.1, 0.15) is 0 Å². The average molecular weight is 111 g/mol. The van der Waals surface area contributed by atoms with E-state index < -0.39 is 0 Å². The molecule has 0 unspecified atom stereocenters. The van der Waals surface area contributed by atoms with E-state index in [-0.39, 0.29) is 0 Å². The Kier molecular flexibility index (Phi) is 1.42. The minimum absolute atomic E-state index is 0.628. The van der Waals surface area contributed by atoms with Gasteiger partial charge in [0.1, 0.15) is 0 Å². The van der Waals surface area contributed by atoms with Gasteiger partial charge in [-0.3, -0.25) is 4.98 Å². The number of hydrogen-bond acceptors (Lipinski definition) is 2. The normalized spacial score (nSPS) is 8.62. The number of aromatic nitrogens is 2. The largest absolute Gasteiger partial charge is 0.463 e. The van der Waals surface area contributed by atoms with E-state index in [4.69, 9.17) is 4.74 Å². The molecule has 3 nitrogen and oxygen atoms in total. The smallest absolute Gasteiger partial charge is 0.331 e. The molecule has 0 radical (unpaired) electrons. The molecule has 3 heteroatoms. The minimum Gasteiger partial charge on any atom is -0.463 e. The summed E-state index contributed by atoms with van der Waals surface area (Å²) in [6.45, 7) is 0. The van der Waals surface area contributed by atoms with E-state index in [1.54, 1.807) is 25.7 Å². The van der Waals surface area contributed by atoms with E-state index in [1.165, 1.54) is 0 Å². The summed E-state index contributed by atoms with van der Waals surface area (Å²) >= 11 is 0. The molecular formula is C5H7N2O+. The lowest BCUT2D eigenvalue weighted by Crippen LogP contribution is -2.00. The number of methoxy groups -OCH3 is 1. The van der Waals surface area contributed by atoms with E-state index in [9.17, 15) is 0 Å². The highest BCUT2D eigenvalue weighted by Gasteiger charge is 1.92. The number of H-pyrrole nitrogens is 1. The molecule has 0 saturated carbocycles. The Morgan fingerprint density at radius 3 is 3.00 bits per heavy atom. The quantitative estimate of drug-likeness (QED) is 0.507. The predicted octanol–water partition coefficient (Wildman–Crippen LogP) is -0.0957. The molecule has 0 bridgehead atoms. The Bertz CT molecular complexity index is 152. The number of hydrogen-bond donors (Lipinski definition) is 0. The number of nitrogens with one attached hydrogen (secondary N) is 1. The van der Waals surface area contributed by atoms with Gasteiger partial charge in [-0.15, -0.1) is 0 Å². The van der Waals surface area contributed by atoms with Crippen molar-refractivity contribution in [3.05, 3.63) is 18.6 Å². The maximum atomic E-state index is 4.78. The van der Waals surface area contributed by atoms with Crippen molar-refractivity contribution in [1.82, 2.24) is 4.98 Å². The van der Waals surface area contributed by atoms with Gasteiger partial charge >= 0.3 is 5.88 Å². The highest BCUT2D eigenvalue weighted by Crippen LogP contribution is 1.95. The van der Waals surface area contributed by atoms with Crippen LogP contribution >= 0.6 is 0 Å². The summed E-state index contributed by atoms with van der Waals surface area (Å²) in [5, 5.41) is 0. The van der Waals surface area contributed by atoms with Crippen LogP contribution in [0.3, 0.4) is 0 Å². The molecule has 8 heavy (non-hydrogen) atoms. The van der Waals surface area contributed by atoms with Gasteiger partial charge in [-0.2, -0.15) is 0 Å². The fourth-order valence-corrected chi connectivity index (χ4v) is 0.427. The summed E-state index contributed by atoms with van der Waals surface area (Å²) in [5.41, 5.74) is 0. The van der Waals surface area contributed by atoms with Crippen molar-refractivity contribution < 1.29 is 9.72 Å². The molecule has 0 aromatic carbocycles. The van der Waals surface area contributed by atoms with Gasteiger partial charge < -0.3 is 4.74 Å². The molecule has 1 aromatic heterocycles. The van der Waals surface area contributed by atoms with Crippen LogP contribution < -0.4 is 9.72 Å². The Labute approximate surface area is 47.3 Å². The van der Waals surface area contributed by atoms with Gasteiger partial charge in [0.2, 0.25) is 0 Å². The molecule has 0 spiro atoms. The zero-order chi connectivity index (χ0) is 5.82. The van der Waals surface area contributed by atoms with Gasteiger partial charge in [0.25, 0.3) is 6.33 Å². The Morgan fingerprint density at radius 1 is 1.75 bits per heavy atom. The summed E-state index contributed by atoms with van der Waals surface area (Å²) in [5.74, 6) is 0.628. The van der Waals surface area contributed by atoms with Crippen LogP contribution in [0.4, 0.5) is 0 Å². The second kappa shape index (κ2) is 2.26. The number of aromatic amines is 1. The standard InChI is InChI=1S/C5H6N2O/c1-8-5-2-3-6-4-7-5/h2-4H,1H3/p+1. The molecule has 0 aliphatic rings. The second-order valence-corrected chi connectivity index (χ2v) is 1.30. The van der Waals surface area contributed by atoms with Crippen LogP contribution in [0.25, 0.3) is 0 Å². The lowest BCUT2D eigenvalue weighted by Gasteiger charge is -1.84. The van der Waals surface area contributed by atoms with E-state index in [0.29, 0.717) is 5.88 Å². The Hall–Kier alpha value is -1.12. The monoisotopic (exact) mass is 111 g/mol. The van der Waals surface area contributed by atoms with Gasteiger partial charge in [0.15, 0.2) is 0 Å². The van der Waals surface area contributed by atoms with Crippen molar-refractivity contribution in [2.75, 3.05) is 7.11 Å². The fourth-order valence-electron chi connectivity index (χ4n) is 0.427. The molecular weight excluding hydrogens is 104 g/mol. The third-order valence-corrected chi connectivity index (χ3v) is 0.798. The highest BCUT2D eigenvalue weighted by atomic mass is 16.5. The first-order valence-corrected chi connectivity index (χ1v) is 2.29. The summed E-state index contributed by atoms with van der Waals surface area (Å²) in [6, 6.07) is 1.75. The topological polar surface area (TPSA) is 36.3 Å². The second-order valence-electron chi connectivity index (χ2n) is 1.30. The first kappa shape index (κ1) is 5.03. The van der Waals surface area contributed by atoms with Crippen molar-refractivity contribution >= 4 is 0 Å². The average Bonchev–Trinajstić information content (AvgIpc) is 1.90. The Balaban J connectivity index is 2.83. The van der Waals surface area contributed by atoms with Crippen LogP contribution in [0.5, 0.6) is 5.88 Å². The van der Waals surface area contributed by atoms with Gasteiger partial charge in [-0.05, 0) is 4.98 Å². The zero-order valence-electron chi connectivity index (χ0n) is 4.59. The van der Waals surface area contributed by atoms with Crippen molar-refractivity contribution in [3.8, 4) is 5.88 Å². The molecule has 1 N–H and O–H groups in total. The zero-order valence-corrected chi connectivity index (χ0v) is 4.59. The van der Waals surface area contributed by atoms with Gasteiger partial charge in [-0.25, -0.2) is 0 Å². The van der Waals surface area contributed by atoms with Crippen LogP contribution in [0.15, 0.2) is 18.6 Å². The lowest BCUT2D eigenvalue weighted by atomic mass is 10.6. The summed E-state index contributed by atoms with van der Waals surface area (Å²) in [6.07, 6.45) is 3.32. The highest BCUT2D eigenvalue weighted by molar-refractivity contribution is 5.00. The molecule has 0 aliphatic carbocycles. The van der Waals surface area contributed by atoms with Crippen molar-refractivity contribution in [2.24, 2.45) is 0 Å². The van der Waals surface area contributed by atoms with E-state index in [1.807, 2.05) is 0 Å².